The third kappa shape index (κ3) is 4.95. The average Bonchev–Trinajstić information content (AvgIpc) is 3.20. The fourth-order valence-corrected chi connectivity index (χ4v) is 5.78. The summed E-state index contributed by atoms with van der Waals surface area (Å²) in [5, 5.41) is 2.85. The zero-order valence-electron chi connectivity index (χ0n) is 21.1. The number of para-hydroxylation sites is 2. The SMILES string of the molecule is CC(C)(C)OC(=O)N1CC[C@H]2[C@@H](C1)[C@H](c1ccccc1)CN2CC(=O)N1CC(=O)Nc2ccccc21. The van der Waals surface area contributed by atoms with Gasteiger partial charge in [-0.25, -0.2) is 4.79 Å². The molecule has 3 heterocycles. The lowest BCUT2D eigenvalue weighted by Crippen LogP contribution is -2.52. The fourth-order valence-electron chi connectivity index (χ4n) is 5.78. The van der Waals surface area contributed by atoms with E-state index in [9.17, 15) is 14.4 Å². The lowest BCUT2D eigenvalue weighted by atomic mass is 9.82. The van der Waals surface area contributed by atoms with Crippen LogP contribution in [0.4, 0.5) is 16.2 Å². The molecule has 8 nitrogen and oxygen atoms in total. The molecule has 2 fully saturated rings. The predicted octanol–water partition coefficient (Wildman–Crippen LogP) is 3.70. The molecule has 0 bridgehead atoms. The second-order valence-corrected chi connectivity index (χ2v) is 10.9. The first-order chi connectivity index (χ1) is 17.2. The maximum Gasteiger partial charge on any atom is 0.410 e. The Labute approximate surface area is 212 Å². The van der Waals surface area contributed by atoms with E-state index in [2.05, 4.69) is 22.3 Å². The highest BCUT2D eigenvalue weighted by Crippen LogP contribution is 2.42. The summed E-state index contributed by atoms with van der Waals surface area (Å²) in [6, 6.07) is 17.9. The highest BCUT2D eigenvalue weighted by atomic mass is 16.6. The van der Waals surface area contributed by atoms with Crippen LogP contribution in [0.3, 0.4) is 0 Å². The summed E-state index contributed by atoms with van der Waals surface area (Å²) < 4.78 is 5.66. The Bertz CT molecular complexity index is 1150. The Hall–Kier alpha value is -3.39. The molecular weight excluding hydrogens is 456 g/mol. The smallest absolute Gasteiger partial charge is 0.410 e. The molecule has 3 amide bonds. The number of nitrogens with one attached hydrogen (secondary N) is 1. The molecule has 0 aromatic heterocycles. The first kappa shape index (κ1) is 24.3. The van der Waals surface area contributed by atoms with Gasteiger partial charge in [0.25, 0.3) is 0 Å². The van der Waals surface area contributed by atoms with Crippen LogP contribution in [-0.4, -0.2) is 72.1 Å². The van der Waals surface area contributed by atoms with Crippen LogP contribution in [0, 0.1) is 5.92 Å². The Morgan fingerprint density at radius 1 is 1.03 bits per heavy atom. The number of ether oxygens (including phenoxy) is 1. The van der Waals surface area contributed by atoms with E-state index >= 15 is 0 Å². The van der Waals surface area contributed by atoms with Crippen LogP contribution in [0.1, 0.15) is 38.7 Å². The molecule has 8 heteroatoms. The van der Waals surface area contributed by atoms with Gasteiger partial charge in [0.05, 0.1) is 17.9 Å². The number of carbonyl (C=O) groups is 3. The lowest BCUT2D eigenvalue weighted by Gasteiger charge is -2.39. The van der Waals surface area contributed by atoms with Gasteiger partial charge in [0.1, 0.15) is 12.1 Å². The van der Waals surface area contributed by atoms with Gasteiger partial charge in [0, 0.05) is 37.5 Å². The van der Waals surface area contributed by atoms with Gasteiger partial charge in [-0.3, -0.25) is 19.4 Å². The molecule has 0 aliphatic carbocycles. The summed E-state index contributed by atoms with van der Waals surface area (Å²) in [6.07, 6.45) is 0.496. The zero-order chi connectivity index (χ0) is 25.4. The van der Waals surface area contributed by atoms with Crippen molar-refractivity contribution >= 4 is 29.3 Å². The van der Waals surface area contributed by atoms with E-state index in [1.807, 2.05) is 68.1 Å². The molecule has 3 atom stereocenters. The van der Waals surface area contributed by atoms with Crippen LogP contribution >= 0.6 is 0 Å². The number of anilines is 2. The van der Waals surface area contributed by atoms with Gasteiger partial charge in [-0.15, -0.1) is 0 Å². The number of rotatable bonds is 3. The largest absolute Gasteiger partial charge is 0.444 e. The number of amides is 3. The van der Waals surface area contributed by atoms with E-state index in [4.69, 9.17) is 4.74 Å². The third-order valence-corrected chi connectivity index (χ3v) is 7.33. The number of piperidine rings is 1. The van der Waals surface area contributed by atoms with Crippen LogP contribution in [0.15, 0.2) is 54.6 Å². The number of hydrogen-bond acceptors (Lipinski definition) is 5. The third-order valence-electron chi connectivity index (χ3n) is 7.33. The number of carbonyl (C=O) groups excluding carboxylic acids is 3. The molecule has 3 aliphatic rings. The molecule has 190 valence electrons. The van der Waals surface area contributed by atoms with Crippen LogP contribution in [0.25, 0.3) is 0 Å². The van der Waals surface area contributed by atoms with E-state index in [1.54, 1.807) is 4.90 Å². The van der Waals surface area contributed by atoms with Gasteiger partial charge in [-0.05, 0) is 44.9 Å². The van der Waals surface area contributed by atoms with Crippen LogP contribution in [0.2, 0.25) is 0 Å². The van der Waals surface area contributed by atoms with Crippen molar-refractivity contribution in [3.63, 3.8) is 0 Å². The topological polar surface area (TPSA) is 82.2 Å². The highest BCUT2D eigenvalue weighted by Gasteiger charge is 2.47. The minimum absolute atomic E-state index is 0.0202. The molecule has 2 aromatic carbocycles. The standard InChI is InChI=1S/C28H34N4O4/c1-28(2,3)36-27(35)30-14-13-23-21(16-30)20(19-9-5-4-6-10-19)15-31(23)18-26(34)32-17-25(33)29-22-11-7-8-12-24(22)32/h4-12,20-21,23H,13-18H2,1-3H3,(H,29,33)/t20-,21-,23-/m0/s1. The van der Waals surface area contributed by atoms with E-state index in [0.717, 1.165) is 18.7 Å². The molecule has 1 N–H and O–H groups in total. The number of hydrogen-bond donors (Lipinski definition) is 1. The number of fused-ring (bicyclic) bond motifs is 2. The maximum absolute atomic E-state index is 13.5. The van der Waals surface area contributed by atoms with E-state index in [1.165, 1.54) is 5.56 Å². The van der Waals surface area contributed by atoms with Gasteiger partial charge in [-0.1, -0.05) is 42.5 Å². The van der Waals surface area contributed by atoms with Crippen molar-refractivity contribution < 1.29 is 19.1 Å². The Kier molecular flexibility index (Phi) is 6.47. The van der Waals surface area contributed by atoms with Crippen molar-refractivity contribution in [3.8, 4) is 0 Å². The lowest BCUT2D eigenvalue weighted by molar-refractivity contribution is -0.123. The second kappa shape index (κ2) is 9.58. The van der Waals surface area contributed by atoms with Crippen LogP contribution in [0.5, 0.6) is 0 Å². The number of likely N-dealkylation sites (tertiary alicyclic amines) is 2. The Balaban J connectivity index is 1.36. The van der Waals surface area contributed by atoms with Gasteiger partial charge >= 0.3 is 6.09 Å². The first-order valence-electron chi connectivity index (χ1n) is 12.7. The van der Waals surface area contributed by atoms with Crippen molar-refractivity contribution in [2.75, 3.05) is 42.9 Å². The van der Waals surface area contributed by atoms with Crippen LogP contribution in [-0.2, 0) is 14.3 Å². The average molecular weight is 491 g/mol. The monoisotopic (exact) mass is 490 g/mol. The molecule has 5 rings (SSSR count). The van der Waals surface area contributed by atoms with Crippen molar-refractivity contribution in [1.29, 1.82) is 0 Å². The Morgan fingerprint density at radius 2 is 1.75 bits per heavy atom. The number of nitrogens with zero attached hydrogens (tertiary/aromatic N) is 3. The van der Waals surface area contributed by atoms with Gasteiger partial charge < -0.3 is 15.0 Å². The fraction of sp³-hybridized carbons (Fsp3) is 0.464. The molecule has 2 aromatic rings. The van der Waals surface area contributed by atoms with E-state index in [0.29, 0.717) is 18.8 Å². The van der Waals surface area contributed by atoms with Crippen molar-refractivity contribution in [3.05, 3.63) is 60.2 Å². The van der Waals surface area contributed by atoms with E-state index in [-0.39, 0.29) is 48.9 Å². The quantitative estimate of drug-likeness (QED) is 0.710. The molecule has 0 radical (unpaired) electrons. The molecule has 0 spiro atoms. The van der Waals surface area contributed by atoms with Crippen molar-refractivity contribution in [2.24, 2.45) is 5.92 Å². The summed E-state index contributed by atoms with van der Waals surface area (Å²) >= 11 is 0. The summed E-state index contributed by atoms with van der Waals surface area (Å²) in [7, 11) is 0. The van der Waals surface area contributed by atoms with Crippen molar-refractivity contribution in [2.45, 2.75) is 44.8 Å². The maximum atomic E-state index is 13.5. The number of benzene rings is 2. The van der Waals surface area contributed by atoms with Gasteiger partial charge in [0.2, 0.25) is 11.8 Å². The summed E-state index contributed by atoms with van der Waals surface area (Å²) in [4.78, 5) is 44.3. The minimum Gasteiger partial charge on any atom is -0.444 e. The molecule has 3 aliphatic heterocycles. The van der Waals surface area contributed by atoms with Gasteiger partial charge in [0.15, 0.2) is 0 Å². The normalized spacial score (nSPS) is 24.1. The van der Waals surface area contributed by atoms with Gasteiger partial charge in [-0.2, -0.15) is 0 Å². The first-order valence-corrected chi connectivity index (χ1v) is 12.7. The van der Waals surface area contributed by atoms with Crippen LogP contribution < -0.4 is 10.2 Å². The molecule has 0 saturated carbocycles. The molecule has 36 heavy (non-hydrogen) atoms. The summed E-state index contributed by atoms with van der Waals surface area (Å²) in [6.45, 7) is 7.82. The second-order valence-electron chi connectivity index (χ2n) is 10.9. The zero-order valence-corrected chi connectivity index (χ0v) is 21.1. The minimum atomic E-state index is -0.544. The van der Waals surface area contributed by atoms with E-state index < -0.39 is 5.60 Å². The Morgan fingerprint density at radius 3 is 2.50 bits per heavy atom. The highest BCUT2D eigenvalue weighted by molar-refractivity contribution is 6.10. The summed E-state index contributed by atoms with van der Waals surface area (Å²) in [5.74, 6) is 0.123. The molecule has 2 saturated heterocycles. The molecule has 0 unspecified atom stereocenters. The summed E-state index contributed by atoms with van der Waals surface area (Å²) in [5.41, 5.74) is 2.07. The van der Waals surface area contributed by atoms with Crippen molar-refractivity contribution in [1.82, 2.24) is 9.80 Å². The molecular formula is C28H34N4O4. The predicted molar refractivity (Wildman–Crippen MR) is 138 cm³/mol.